The fraction of sp³-hybridized carbons (Fsp3) is 0.500. The molecule has 126 valence electrons. The van der Waals surface area contributed by atoms with E-state index >= 15 is 0 Å². The highest BCUT2D eigenvalue weighted by atomic mass is 32.1. The molecule has 0 unspecified atom stereocenters. The zero-order chi connectivity index (χ0) is 16.4. The van der Waals surface area contributed by atoms with Crippen molar-refractivity contribution in [2.75, 3.05) is 26.2 Å². The number of carbonyl (C=O) groups is 1. The van der Waals surface area contributed by atoms with Crippen LogP contribution in [0.1, 0.15) is 34.6 Å². The first-order chi connectivity index (χ1) is 11.7. The fourth-order valence-corrected chi connectivity index (χ4v) is 4.70. The zero-order valence-electron chi connectivity index (χ0n) is 13.7. The Labute approximate surface area is 146 Å². The predicted molar refractivity (Wildman–Crippen MR) is 93.8 cm³/mol. The molecule has 2 aliphatic heterocycles. The molecular formula is C18H22N4OS. The maximum atomic E-state index is 12.5. The maximum absolute atomic E-state index is 12.5. The largest absolute Gasteiger partial charge is 0.337 e. The van der Waals surface area contributed by atoms with Gasteiger partial charge in [-0.3, -0.25) is 14.7 Å². The second kappa shape index (κ2) is 6.61. The molecule has 1 spiro atoms. The molecule has 5 nitrogen and oxygen atoms in total. The number of likely N-dealkylation sites (tertiary alicyclic amines) is 2. The molecule has 0 aromatic carbocycles. The van der Waals surface area contributed by atoms with Gasteiger partial charge in [0.2, 0.25) is 0 Å². The number of hydrogen-bond donors (Lipinski definition) is 0. The van der Waals surface area contributed by atoms with Crippen LogP contribution in [0.2, 0.25) is 0 Å². The van der Waals surface area contributed by atoms with Crippen LogP contribution in [0.4, 0.5) is 0 Å². The number of piperidine rings is 1. The van der Waals surface area contributed by atoms with E-state index in [0.29, 0.717) is 11.1 Å². The third-order valence-electron chi connectivity index (χ3n) is 5.37. The summed E-state index contributed by atoms with van der Waals surface area (Å²) in [7, 11) is 0. The third-order valence-corrected chi connectivity index (χ3v) is 6.23. The summed E-state index contributed by atoms with van der Waals surface area (Å²) in [5.41, 5.74) is 0.857. The zero-order valence-corrected chi connectivity index (χ0v) is 14.5. The van der Waals surface area contributed by atoms with E-state index in [0.717, 1.165) is 39.0 Å². The lowest BCUT2D eigenvalue weighted by Gasteiger charge is -2.39. The smallest absolute Gasteiger partial charge is 0.274 e. The SMILES string of the molecule is O=C(c1cnccn1)N1CCC2(CCN(Cc3cccs3)C2)CC1. The summed E-state index contributed by atoms with van der Waals surface area (Å²) in [6.07, 6.45) is 8.19. The summed E-state index contributed by atoms with van der Waals surface area (Å²) in [6.45, 7) is 5.08. The van der Waals surface area contributed by atoms with Gasteiger partial charge in [0.15, 0.2) is 0 Å². The van der Waals surface area contributed by atoms with Gasteiger partial charge in [0.1, 0.15) is 5.69 Å². The van der Waals surface area contributed by atoms with Gasteiger partial charge in [-0.25, -0.2) is 4.98 Å². The van der Waals surface area contributed by atoms with Gasteiger partial charge >= 0.3 is 0 Å². The molecule has 4 heterocycles. The highest BCUT2D eigenvalue weighted by Crippen LogP contribution is 2.41. The standard InChI is InChI=1S/C18H22N4OS/c23-17(16-12-19-6-7-20-16)22-9-4-18(5-10-22)3-8-21(14-18)13-15-2-1-11-24-15/h1-2,6-7,11-12H,3-5,8-10,13-14H2. The number of aromatic nitrogens is 2. The normalized spacial score (nSPS) is 20.6. The molecule has 2 aromatic heterocycles. The second-order valence-electron chi connectivity index (χ2n) is 6.92. The van der Waals surface area contributed by atoms with Gasteiger partial charge in [-0.05, 0) is 42.7 Å². The summed E-state index contributed by atoms with van der Waals surface area (Å²) >= 11 is 1.84. The van der Waals surface area contributed by atoms with E-state index < -0.39 is 0 Å². The molecule has 0 radical (unpaired) electrons. The first kappa shape index (κ1) is 15.7. The Kier molecular flexibility index (Phi) is 4.33. The molecule has 1 amide bonds. The van der Waals surface area contributed by atoms with Crippen molar-refractivity contribution in [3.8, 4) is 0 Å². The lowest BCUT2D eigenvalue weighted by atomic mass is 9.77. The number of hydrogen-bond acceptors (Lipinski definition) is 5. The average Bonchev–Trinajstić information content (AvgIpc) is 3.27. The number of carbonyl (C=O) groups excluding carboxylic acids is 1. The van der Waals surface area contributed by atoms with Crippen LogP contribution in [0, 0.1) is 5.41 Å². The number of amides is 1. The van der Waals surface area contributed by atoms with E-state index in [1.54, 1.807) is 18.6 Å². The summed E-state index contributed by atoms with van der Waals surface area (Å²) in [5.74, 6) is 0.0198. The molecule has 0 N–H and O–H groups in total. The van der Waals surface area contributed by atoms with Crippen molar-refractivity contribution in [3.63, 3.8) is 0 Å². The van der Waals surface area contributed by atoms with Crippen LogP contribution < -0.4 is 0 Å². The van der Waals surface area contributed by atoms with Gasteiger partial charge in [-0.15, -0.1) is 11.3 Å². The summed E-state index contributed by atoms with van der Waals surface area (Å²) in [5, 5.41) is 2.15. The number of rotatable bonds is 3. The number of nitrogens with zero attached hydrogens (tertiary/aromatic N) is 4. The van der Waals surface area contributed by atoms with Crippen molar-refractivity contribution < 1.29 is 4.79 Å². The van der Waals surface area contributed by atoms with Crippen molar-refractivity contribution in [2.45, 2.75) is 25.8 Å². The van der Waals surface area contributed by atoms with Gasteiger partial charge in [-0.2, -0.15) is 0 Å². The minimum Gasteiger partial charge on any atom is -0.337 e. The van der Waals surface area contributed by atoms with Crippen molar-refractivity contribution in [3.05, 3.63) is 46.7 Å². The van der Waals surface area contributed by atoms with Crippen LogP contribution in [0.5, 0.6) is 0 Å². The number of thiophene rings is 1. The predicted octanol–water partition coefficient (Wildman–Crippen LogP) is 2.67. The fourth-order valence-electron chi connectivity index (χ4n) is 3.95. The summed E-state index contributed by atoms with van der Waals surface area (Å²) in [4.78, 5) is 26.6. The van der Waals surface area contributed by atoms with E-state index in [2.05, 4.69) is 32.4 Å². The maximum Gasteiger partial charge on any atom is 0.274 e. The Morgan fingerprint density at radius 1 is 1.21 bits per heavy atom. The Morgan fingerprint density at radius 3 is 2.75 bits per heavy atom. The van der Waals surface area contributed by atoms with Crippen molar-refractivity contribution >= 4 is 17.2 Å². The van der Waals surface area contributed by atoms with Crippen LogP contribution >= 0.6 is 11.3 Å². The van der Waals surface area contributed by atoms with Crippen molar-refractivity contribution in [1.29, 1.82) is 0 Å². The monoisotopic (exact) mass is 342 g/mol. The first-order valence-electron chi connectivity index (χ1n) is 8.54. The first-order valence-corrected chi connectivity index (χ1v) is 9.42. The van der Waals surface area contributed by atoms with E-state index in [9.17, 15) is 4.79 Å². The Bertz CT molecular complexity index is 680. The van der Waals surface area contributed by atoms with Gasteiger partial charge in [0.25, 0.3) is 5.91 Å². The molecule has 2 aromatic rings. The topological polar surface area (TPSA) is 49.3 Å². The Balaban J connectivity index is 1.34. The van der Waals surface area contributed by atoms with Crippen LogP contribution in [0.3, 0.4) is 0 Å². The molecule has 0 aliphatic carbocycles. The van der Waals surface area contributed by atoms with Crippen LogP contribution in [0.25, 0.3) is 0 Å². The van der Waals surface area contributed by atoms with E-state index in [4.69, 9.17) is 0 Å². The summed E-state index contributed by atoms with van der Waals surface area (Å²) in [6, 6.07) is 4.35. The van der Waals surface area contributed by atoms with E-state index in [1.807, 2.05) is 16.2 Å². The van der Waals surface area contributed by atoms with Gasteiger partial charge in [-0.1, -0.05) is 6.07 Å². The molecule has 0 bridgehead atoms. The highest BCUT2D eigenvalue weighted by molar-refractivity contribution is 7.09. The van der Waals surface area contributed by atoms with Crippen LogP contribution in [-0.4, -0.2) is 51.9 Å². The highest BCUT2D eigenvalue weighted by Gasteiger charge is 2.41. The second-order valence-corrected chi connectivity index (χ2v) is 7.96. The van der Waals surface area contributed by atoms with Crippen molar-refractivity contribution in [2.24, 2.45) is 5.41 Å². The van der Waals surface area contributed by atoms with Gasteiger partial charge in [0.05, 0.1) is 6.20 Å². The van der Waals surface area contributed by atoms with Gasteiger partial charge in [0, 0.05) is 43.4 Å². The summed E-state index contributed by atoms with van der Waals surface area (Å²) < 4.78 is 0. The molecule has 2 saturated heterocycles. The molecule has 2 fully saturated rings. The molecule has 6 heteroatoms. The molecule has 0 saturated carbocycles. The quantitative estimate of drug-likeness (QED) is 0.860. The molecule has 2 aliphatic rings. The minimum absolute atomic E-state index is 0.0198. The molecule has 4 rings (SSSR count). The van der Waals surface area contributed by atoms with E-state index in [-0.39, 0.29) is 5.91 Å². The van der Waals surface area contributed by atoms with E-state index in [1.165, 1.54) is 17.8 Å². The molecule has 24 heavy (non-hydrogen) atoms. The van der Waals surface area contributed by atoms with Gasteiger partial charge < -0.3 is 4.90 Å². The Hall–Kier alpha value is -1.79. The van der Waals surface area contributed by atoms with Crippen molar-refractivity contribution in [1.82, 2.24) is 19.8 Å². The third kappa shape index (κ3) is 3.21. The Morgan fingerprint density at radius 2 is 2.04 bits per heavy atom. The van der Waals surface area contributed by atoms with Crippen LogP contribution in [-0.2, 0) is 6.54 Å². The molecular weight excluding hydrogens is 320 g/mol. The molecule has 0 atom stereocenters. The lowest BCUT2D eigenvalue weighted by molar-refractivity contribution is 0.0582. The van der Waals surface area contributed by atoms with Crippen LogP contribution in [0.15, 0.2) is 36.1 Å². The lowest BCUT2D eigenvalue weighted by Crippen LogP contribution is -2.44. The average molecular weight is 342 g/mol. The minimum atomic E-state index is 0.0198.